The summed E-state index contributed by atoms with van der Waals surface area (Å²) in [4.78, 5) is 11.9. The fraction of sp³-hybridized carbons (Fsp3) is 0.214. The van der Waals surface area contributed by atoms with Crippen molar-refractivity contribution in [3.05, 3.63) is 54.0 Å². The number of benzene rings is 1. The highest BCUT2D eigenvalue weighted by Crippen LogP contribution is 2.14. The SMILES string of the molecule is CS(=O)(=O)N(CC(=O)Nc1ccc(F)c(F)c1)Cc1ccco1. The van der Waals surface area contributed by atoms with Crippen LogP contribution in [0, 0.1) is 11.6 Å². The normalized spacial score (nSPS) is 11.7. The molecule has 9 heteroatoms. The van der Waals surface area contributed by atoms with Crippen LogP contribution in [0.2, 0.25) is 0 Å². The number of hydrogen-bond acceptors (Lipinski definition) is 4. The maximum atomic E-state index is 13.1. The van der Waals surface area contributed by atoms with E-state index < -0.39 is 34.1 Å². The number of furan rings is 1. The molecule has 0 atom stereocenters. The molecule has 1 aromatic carbocycles. The van der Waals surface area contributed by atoms with Crippen molar-refractivity contribution in [2.75, 3.05) is 18.1 Å². The summed E-state index contributed by atoms with van der Waals surface area (Å²) in [7, 11) is -3.66. The highest BCUT2D eigenvalue weighted by Gasteiger charge is 2.21. The number of nitrogens with one attached hydrogen (secondary N) is 1. The van der Waals surface area contributed by atoms with Crippen LogP contribution in [0.15, 0.2) is 41.0 Å². The lowest BCUT2D eigenvalue weighted by Crippen LogP contribution is -2.36. The zero-order valence-corrected chi connectivity index (χ0v) is 12.9. The van der Waals surface area contributed by atoms with Crippen LogP contribution < -0.4 is 5.32 Å². The van der Waals surface area contributed by atoms with Crippen molar-refractivity contribution < 1.29 is 26.4 Å². The number of halogens is 2. The molecule has 124 valence electrons. The molecular formula is C14H14F2N2O4S. The van der Waals surface area contributed by atoms with Crippen molar-refractivity contribution in [3.8, 4) is 0 Å². The third-order valence-electron chi connectivity index (χ3n) is 2.90. The summed E-state index contributed by atoms with van der Waals surface area (Å²) in [5, 5.41) is 2.31. The Hall–Kier alpha value is -2.26. The molecule has 1 amide bonds. The van der Waals surface area contributed by atoms with Crippen molar-refractivity contribution in [2.24, 2.45) is 0 Å². The van der Waals surface area contributed by atoms with E-state index in [2.05, 4.69) is 5.32 Å². The van der Waals surface area contributed by atoms with Crippen molar-refractivity contribution in [2.45, 2.75) is 6.54 Å². The Balaban J connectivity index is 2.06. The first kappa shape index (κ1) is 17.1. The summed E-state index contributed by atoms with van der Waals surface area (Å²) >= 11 is 0. The van der Waals surface area contributed by atoms with Crippen molar-refractivity contribution in [1.82, 2.24) is 4.31 Å². The van der Waals surface area contributed by atoms with Gasteiger partial charge in [0.05, 0.1) is 25.6 Å². The van der Waals surface area contributed by atoms with Gasteiger partial charge < -0.3 is 9.73 Å². The van der Waals surface area contributed by atoms with Crippen LogP contribution in [0.3, 0.4) is 0 Å². The minimum Gasteiger partial charge on any atom is -0.468 e. The molecule has 2 rings (SSSR count). The van der Waals surface area contributed by atoms with Gasteiger partial charge in [0, 0.05) is 11.8 Å². The van der Waals surface area contributed by atoms with Crippen LogP contribution in [0.1, 0.15) is 5.76 Å². The van der Waals surface area contributed by atoms with Gasteiger partial charge in [-0.25, -0.2) is 17.2 Å². The average Bonchev–Trinajstić information content (AvgIpc) is 2.94. The first-order valence-corrected chi connectivity index (χ1v) is 8.33. The predicted molar refractivity (Wildman–Crippen MR) is 78.9 cm³/mol. The second-order valence-corrected chi connectivity index (χ2v) is 6.77. The van der Waals surface area contributed by atoms with Gasteiger partial charge in [0.15, 0.2) is 11.6 Å². The summed E-state index contributed by atoms with van der Waals surface area (Å²) in [6.45, 7) is -0.602. The van der Waals surface area contributed by atoms with Gasteiger partial charge in [-0.3, -0.25) is 4.79 Å². The number of amides is 1. The molecule has 1 N–H and O–H groups in total. The molecule has 0 saturated heterocycles. The van der Waals surface area contributed by atoms with E-state index in [1.54, 1.807) is 12.1 Å². The van der Waals surface area contributed by atoms with Crippen LogP contribution in [0.25, 0.3) is 0 Å². The van der Waals surface area contributed by atoms with Gasteiger partial charge >= 0.3 is 0 Å². The first-order chi connectivity index (χ1) is 10.8. The zero-order chi connectivity index (χ0) is 17.0. The quantitative estimate of drug-likeness (QED) is 0.869. The maximum absolute atomic E-state index is 13.1. The number of sulfonamides is 1. The van der Waals surface area contributed by atoms with E-state index in [0.29, 0.717) is 5.76 Å². The van der Waals surface area contributed by atoms with Crippen LogP contribution in [0.5, 0.6) is 0 Å². The number of nitrogens with zero attached hydrogens (tertiary/aromatic N) is 1. The largest absolute Gasteiger partial charge is 0.468 e. The van der Waals surface area contributed by atoms with Gasteiger partial charge in [-0.05, 0) is 24.3 Å². The van der Waals surface area contributed by atoms with E-state index >= 15 is 0 Å². The number of carbonyl (C=O) groups is 1. The molecule has 0 saturated carbocycles. The first-order valence-electron chi connectivity index (χ1n) is 6.48. The van der Waals surface area contributed by atoms with E-state index in [-0.39, 0.29) is 12.2 Å². The third-order valence-corrected chi connectivity index (χ3v) is 4.10. The summed E-state index contributed by atoms with van der Waals surface area (Å²) in [5.41, 5.74) is 0.0281. The van der Waals surface area contributed by atoms with E-state index in [0.717, 1.165) is 22.7 Å². The van der Waals surface area contributed by atoms with Gasteiger partial charge in [0.2, 0.25) is 15.9 Å². The number of rotatable bonds is 6. The van der Waals surface area contributed by atoms with E-state index in [1.165, 1.54) is 12.3 Å². The number of hydrogen-bond donors (Lipinski definition) is 1. The molecule has 2 aromatic rings. The molecular weight excluding hydrogens is 330 g/mol. The Labute approximate surface area is 131 Å². The Bertz CT molecular complexity index is 791. The second kappa shape index (κ2) is 6.88. The smallest absolute Gasteiger partial charge is 0.239 e. The molecule has 0 aliphatic heterocycles. The van der Waals surface area contributed by atoms with Crippen LogP contribution in [-0.4, -0.2) is 31.4 Å². The predicted octanol–water partition coefficient (Wildman–Crippen LogP) is 1.96. The van der Waals surface area contributed by atoms with E-state index in [1.807, 2.05) is 0 Å². The van der Waals surface area contributed by atoms with E-state index in [4.69, 9.17) is 4.42 Å². The maximum Gasteiger partial charge on any atom is 0.239 e. The molecule has 1 heterocycles. The molecule has 1 aromatic heterocycles. The standard InChI is InChI=1S/C14H14F2N2O4S/c1-23(20,21)18(8-11-3-2-6-22-11)9-14(19)17-10-4-5-12(15)13(16)7-10/h2-7H,8-9H2,1H3,(H,17,19). The highest BCUT2D eigenvalue weighted by atomic mass is 32.2. The Morgan fingerprint density at radius 3 is 2.57 bits per heavy atom. The zero-order valence-electron chi connectivity index (χ0n) is 12.1. The molecule has 0 radical (unpaired) electrons. The summed E-state index contributed by atoms with van der Waals surface area (Å²) in [6.07, 6.45) is 2.35. The Kier molecular flexibility index (Phi) is 5.12. The van der Waals surface area contributed by atoms with Gasteiger partial charge in [-0.2, -0.15) is 4.31 Å². The minimum absolute atomic E-state index is 0.0281. The van der Waals surface area contributed by atoms with Crippen molar-refractivity contribution >= 4 is 21.6 Å². The van der Waals surface area contributed by atoms with Crippen LogP contribution >= 0.6 is 0 Å². The Morgan fingerprint density at radius 1 is 1.26 bits per heavy atom. The van der Waals surface area contributed by atoms with E-state index in [9.17, 15) is 22.0 Å². The lowest BCUT2D eigenvalue weighted by Gasteiger charge is -2.18. The second-order valence-electron chi connectivity index (χ2n) is 4.79. The van der Waals surface area contributed by atoms with Crippen molar-refractivity contribution in [3.63, 3.8) is 0 Å². The van der Waals surface area contributed by atoms with Crippen molar-refractivity contribution in [1.29, 1.82) is 0 Å². The summed E-state index contributed by atoms with van der Waals surface area (Å²) in [5.74, 6) is -2.47. The molecule has 0 aliphatic rings. The lowest BCUT2D eigenvalue weighted by molar-refractivity contribution is -0.116. The topological polar surface area (TPSA) is 79.6 Å². The minimum atomic E-state index is -3.66. The molecule has 6 nitrogen and oxygen atoms in total. The third kappa shape index (κ3) is 4.86. The lowest BCUT2D eigenvalue weighted by atomic mass is 10.3. The van der Waals surface area contributed by atoms with Gasteiger partial charge in [-0.15, -0.1) is 0 Å². The van der Waals surface area contributed by atoms with Gasteiger partial charge in [0.25, 0.3) is 0 Å². The fourth-order valence-corrected chi connectivity index (χ4v) is 2.51. The fourth-order valence-electron chi connectivity index (χ4n) is 1.80. The summed E-state index contributed by atoms with van der Waals surface area (Å²) in [6, 6.07) is 6.02. The Morgan fingerprint density at radius 2 is 2.00 bits per heavy atom. The molecule has 0 spiro atoms. The summed E-state index contributed by atoms with van der Waals surface area (Å²) < 4.78 is 55.4. The van der Waals surface area contributed by atoms with Crippen LogP contribution in [-0.2, 0) is 21.4 Å². The molecule has 0 aliphatic carbocycles. The number of carbonyl (C=O) groups excluding carboxylic acids is 1. The van der Waals surface area contributed by atoms with Crippen LogP contribution in [0.4, 0.5) is 14.5 Å². The highest BCUT2D eigenvalue weighted by molar-refractivity contribution is 7.88. The van der Waals surface area contributed by atoms with Gasteiger partial charge in [0.1, 0.15) is 5.76 Å². The molecule has 0 fully saturated rings. The molecule has 0 unspecified atom stereocenters. The van der Waals surface area contributed by atoms with Gasteiger partial charge in [-0.1, -0.05) is 0 Å². The number of anilines is 1. The average molecular weight is 344 g/mol. The molecule has 0 bridgehead atoms. The molecule has 23 heavy (non-hydrogen) atoms. The monoisotopic (exact) mass is 344 g/mol.